The van der Waals surface area contributed by atoms with Crippen LogP contribution >= 0.6 is 0 Å². The highest BCUT2D eigenvalue weighted by Gasteiger charge is 2.51. The van der Waals surface area contributed by atoms with Crippen LogP contribution in [0.15, 0.2) is 0 Å². The van der Waals surface area contributed by atoms with Gasteiger partial charge in [-0.2, -0.15) is 0 Å². The van der Waals surface area contributed by atoms with E-state index in [2.05, 4.69) is 0 Å². The number of hydrogen-bond acceptors (Lipinski definition) is 14. The lowest BCUT2D eigenvalue weighted by Gasteiger charge is -2.47. The van der Waals surface area contributed by atoms with Crippen LogP contribution in [0.3, 0.4) is 0 Å². The first-order valence-electron chi connectivity index (χ1n) is 10.6. The second kappa shape index (κ2) is 12.4. The highest BCUT2D eigenvalue weighted by Crippen LogP contribution is 2.31. The average Bonchev–Trinajstić information content (AvgIpc) is 2.79. The highest BCUT2D eigenvalue weighted by atomic mass is 16.8. The van der Waals surface area contributed by atoms with Crippen LogP contribution < -0.4 is 0 Å². The van der Waals surface area contributed by atoms with Crippen LogP contribution in [0.5, 0.6) is 0 Å². The molecule has 13 unspecified atom stereocenters. The van der Waals surface area contributed by atoms with Gasteiger partial charge in [-0.25, -0.2) is 0 Å². The van der Waals surface area contributed by atoms with Crippen molar-refractivity contribution in [2.24, 2.45) is 0 Å². The zero-order valence-electron chi connectivity index (χ0n) is 18.6. The number of aliphatic hydroxyl groups is 9. The molecule has 0 aromatic carbocycles. The lowest BCUT2D eigenvalue weighted by molar-refractivity contribution is -0.375. The van der Waals surface area contributed by atoms with Gasteiger partial charge in [0.05, 0.1) is 25.4 Å². The lowest BCUT2D eigenvalue weighted by Crippen LogP contribution is -2.65. The molecule has 0 radical (unpaired) electrons. The van der Waals surface area contributed by atoms with Gasteiger partial charge in [0.1, 0.15) is 61.0 Å². The van der Waals surface area contributed by atoms with Crippen LogP contribution in [-0.4, -0.2) is 152 Å². The van der Waals surface area contributed by atoms with Crippen LogP contribution in [0.2, 0.25) is 0 Å². The van der Waals surface area contributed by atoms with Gasteiger partial charge in [-0.15, -0.1) is 0 Å². The van der Waals surface area contributed by atoms with E-state index in [1.165, 1.54) is 21.0 Å². The Labute approximate surface area is 190 Å². The molecule has 196 valence electrons. The van der Waals surface area contributed by atoms with Crippen molar-refractivity contribution in [3.8, 4) is 0 Å². The van der Waals surface area contributed by atoms with E-state index in [1.54, 1.807) is 0 Å². The lowest BCUT2D eigenvalue weighted by atomic mass is 9.97. The van der Waals surface area contributed by atoms with Crippen molar-refractivity contribution in [3.05, 3.63) is 0 Å². The number of methoxy groups -OCH3 is 1. The third-order valence-corrected chi connectivity index (χ3v) is 5.90. The number of rotatable bonds is 10. The molecular weight excluding hydrogens is 452 g/mol. The van der Waals surface area contributed by atoms with E-state index in [1.807, 2.05) is 0 Å². The fourth-order valence-corrected chi connectivity index (χ4v) is 3.72. The molecule has 14 atom stereocenters. The maximum absolute atomic E-state index is 10.6. The first-order chi connectivity index (χ1) is 15.5. The minimum Gasteiger partial charge on any atom is -0.394 e. The molecular formula is C19H36O14. The van der Waals surface area contributed by atoms with E-state index in [0.29, 0.717) is 0 Å². The third-order valence-electron chi connectivity index (χ3n) is 5.90. The Hall–Kier alpha value is -0.560. The molecule has 2 rings (SSSR count). The summed E-state index contributed by atoms with van der Waals surface area (Å²) in [6.07, 6.45) is -20.9. The summed E-state index contributed by atoms with van der Waals surface area (Å²) in [5.41, 5.74) is 0. The topological polar surface area (TPSA) is 228 Å². The van der Waals surface area contributed by atoms with E-state index in [0.717, 1.165) is 0 Å². The summed E-state index contributed by atoms with van der Waals surface area (Å²) in [6, 6.07) is 0. The average molecular weight is 488 g/mol. The molecule has 2 heterocycles. The van der Waals surface area contributed by atoms with Crippen LogP contribution in [0, 0.1) is 0 Å². The van der Waals surface area contributed by atoms with Gasteiger partial charge in [-0.05, 0) is 13.8 Å². The summed E-state index contributed by atoms with van der Waals surface area (Å²) in [4.78, 5) is 0. The molecule has 0 aliphatic carbocycles. The zero-order valence-corrected chi connectivity index (χ0v) is 18.6. The second-order valence-corrected chi connectivity index (χ2v) is 8.28. The van der Waals surface area contributed by atoms with Crippen LogP contribution in [-0.2, 0) is 23.7 Å². The quantitative estimate of drug-likeness (QED) is 0.140. The maximum atomic E-state index is 10.6. The molecule has 0 aromatic rings. The Bertz CT molecular complexity index is 575. The predicted octanol–water partition coefficient (Wildman–Crippen LogP) is -5.23. The van der Waals surface area contributed by atoms with Gasteiger partial charge in [-0.1, -0.05) is 0 Å². The van der Waals surface area contributed by atoms with Crippen molar-refractivity contribution in [2.75, 3.05) is 20.3 Å². The molecule has 0 aromatic heterocycles. The van der Waals surface area contributed by atoms with Gasteiger partial charge >= 0.3 is 0 Å². The summed E-state index contributed by atoms with van der Waals surface area (Å²) < 4.78 is 27.2. The normalized spacial score (nSPS) is 43.6. The number of ether oxygens (including phenoxy) is 5. The largest absolute Gasteiger partial charge is 0.394 e. The van der Waals surface area contributed by atoms with Crippen LogP contribution in [0.1, 0.15) is 13.8 Å². The molecule has 0 saturated carbocycles. The molecule has 2 saturated heterocycles. The standard InChI is InChI=1S/C19H36O14/c1-6(22)10(23)16(9(5-21)29-3)32-19-17(14(27)12(25)8(4-20)31-19)33-18-15(28)13(26)11(24)7(2)30-18/h6-28H,4-5H2,1-3H3/t6-,7?,8?,9?,10?,11?,12?,13?,14?,15?,16?,17?,18?,19?/m1/s1. The molecule has 0 spiro atoms. The van der Waals surface area contributed by atoms with Crippen molar-refractivity contribution in [3.63, 3.8) is 0 Å². The van der Waals surface area contributed by atoms with Crippen molar-refractivity contribution in [1.29, 1.82) is 0 Å². The minimum absolute atomic E-state index is 0.635. The summed E-state index contributed by atoms with van der Waals surface area (Å²) in [5, 5.41) is 90.4. The van der Waals surface area contributed by atoms with E-state index < -0.39 is 99.0 Å². The summed E-state index contributed by atoms with van der Waals surface area (Å²) in [7, 11) is 1.22. The Morgan fingerprint density at radius 1 is 0.848 bits per heavy atom. The summed E-state index contributed by atoms with van der Waals surface area (Å²) in [5.74, 6) is 0. The number of aliphatic hydroxyl groups excluding tert-OH is 9. The molecule has 9 N–H and O–H groups in total. The Morgan fingerprint density at radius 2 is 1.48 bits per heavy atom. The molecule has 2 aliphatic heterocycles. The Morgan fingerprint density at radius 3 is 2.00 bits per heavy atom. The van der Waals surface area contributed by atoms with E-state index in [-0.39, 0.29) is 0 Å². The van der Waals surface area contributed by atoms with Crippen LogP contribution in [0.4, 0.5) is 0 Å². The van der Waals surface area contributed by atoms with Crippen molar-refractivity contribution in [2.45, 2.75) is 99.7 Å². The third kappa shape index (κ3) is 6.36. The molecule has 0 bridgehead atoms. The summed E-state index contributed by atoms with van der Waals surface area (Å²) in [6.45, 7) is 1.31. The minimum atomic E-state index is -1.77. The number of hydrogen-bond donors (Lipinski definition) is 9. The van der Waals surface area contributed by atoms with E-state index >= 15 is 0 Å². The molecule has 2 fully saturated rings. The van der Waals surface area contributed by atoms with Gasteiger partial charge in [0.2, 0.25) is 0 Å². The van der Waals surface area contributed by atoms with Crippen molar-refractivity contribution in [1.82, 2.24) is 0 Å². The van der Waals surface area contributed by atoms with Crippen molar-refractivity contribution >= 4 is 0 Å². The Balaban J connectivity index is 2.32. The second-order valence-electron chi connectivity index (χ2n) is 8.28. The predicted molar refractivity (Wildman–Crippen MR) is 105 cm³/mol. The summed E-state index contributed by atoms with van der Waals surface area (Å²) >= 11 is 0. The van der Waals surface area contributed by atoms with Gasteiger partial charge in [0.15, 0.2) is 12.6 Å². The fraction of sp³-hybridized carbons (Fsp3) is 1.00. The first kappa shape index (κ1) is 28.7. The highest BCUT2D eigenvalue weighted by molar-refractivity contribution is 4.94. The molecule has 33 heavy (non-hydrogen) atoms. The van der Waals surface area contributed by atoms with Gasteiger partial charge in [-0.3, -0.25) is 0 Å². The maximum Gasteiger partial charge on any atom is 0.187 e. The Kier molecular flexibility index (Phi) is 10.8. The monoisotopic (exact) mass is 488 g/mol. The molecule has 14 nitrogen and oxygen atoms in total. The van der Waals surface area contributed by atoms with Gasteiger partial charge in [0, 0.05) is 7.11 Å². The fourth-order valence-electron chi connectivity index (χ4n) is 3.72. The van der Waals surface area contributed by atoms with Crippen molar-refractivity contribution < 1.29 is 69.6 Å². The van der Waals surface area contributed by atoms with Gasteiger partial charge in [0.25, 0.3) is 0 Å². The SMILES string of the molecule is COC(CO)C(OC1OC(CO)C(O)C(O)C1OC1OC(C)C(O)C(O)C1O)C(O)[C@@H](C)O. The smallest absolute Gasteiger partial charge is 0.187 e. The first-order valence-corrected chi connectivity index (χ1v) is 10.6. The van der Waals surface area contributed by atoms with E-state index in [4.69, 9.17) is 23.7 Å². The van der Waals surface area contributed by atoms with Crippen LogP contribution in [0.25, 0.3) is 0 Å². The molecule has 0 amide bonds. The van der Waals surface area contributed by atoms with E-state index in [9.17, 15) is 46.0 Å². The molecule has 14 heteroatoms. The molecule has 2 aliphatic rings. The van der Waals surface area contributed by atoms with Gasteiger partial charge < -0.3 is 69.6 Å². The zero-order chi connectivity index (χ0) is 25.0.